The maximum atomic E-state index is 13.7. The van der Waals surface area contributed by atoms with Gasteiger partial charge in [0.25, 0.3) is 0 Å². The largest absolute Gasteiger partial charge is 0.471 e. The van der Waals surface area contributed by atoms with Crippen molar-refractivity contribution in [3.05, 3.63) is 64.8 Å². The van der Waals surface area contributed by atoms with E-state index in [1.54, 1.807) is 24.3 Å². The highest BCUT2D eigenvalue weighted by Gasteiger charge is 2.39. The van der Waals surface area contributed by atoms with Crippen LogP contribution in [-0.4, -0.2) is 12.1 Å². The summed E-state index contributed by atoms with van der Waals surface area (Å²) in [6, 6.07) is 11.1. The van der Waals surface area contributed by atoms with E-state index in [0.717, 1.165) is 12.1 Å². The van der Waals surface area contributed by atoms with Crippen molar-refractivity contribution in [1.29, 1.82) is 0 Å². The first kappa shape index (κ1) is 16.7. The van der Waals surface area contributed by atoms with Gasteiger partial charge in [0.15, 0.2) is 0 Å². The van der Waals surface area contributed by atoms with Gasteiger partial charge in [-0.2, -0.15) is 13.2 Å². The third-order valence-corrected chi connectivity index (χ3v) is 3.42. The van der Waals surface area contributed by atoms with Crippen LogP contribution in [0.1, 0.15) is 0 Å². The van der Waals surface area contributed by atoms with Crippen molar-refractivity contribution in [2.75, 3.05) is 5.32 Å². The number of alkyl halides is 3. The van der Waals surface area contributed by atoms with Gasteiger partial charge in [0.05, 0.1) is 11.3 Å². The molecule has 3 aromatic rings. The van der Waals surface area contributed by atoms with E-state index in [1.807, 2.05) is 0 Å². The zero-order chi connectivity index (χ0) is 18.2. The number of benzene rings is 2. The van der Waals surface area contributed by atoms with E-state index in [0.29, 0.717) is 11.0 Å². The van der Waals surface area contributed by atoms with Crippen molar-refractivity contribution in [3.63, 3.8) is 0 Å². The Morgan fingerprint density at radius 2 is 1.76 bits per heavy atom. The lowest BCUT2D eigenvalue weighted by Gasteiger charge is -2.10. The number of halogens is 4. The zero-order valence-corrected chi connectivity index (χ0v) is 12.4. The van der Waals surface area contributed by atoms with Gasteiger partial charge < -0.3 is 9.73 Å². The lowest BCUT2D eigenvalue weighted by atomic mass is 10.0. The minimum Gasteiger partial charge on any atom is -0.422 e. The van der Waals surface area contributed by atoms with Crippen LogP contribution >= 0.6 is 0 Å². The maximum Gasteiger partial charge on any atom is 0.471 e. The molecule has 0 radical (unpaired) electrons. The maximum absolute atomic E-state index is 13.7. The third kappa shape index (κ3) is 3.37. The number of carbonyl (C=O) groups excluding carboxylic acids is 1. The topological polar surface area (TPSA) is 59.3 Å². The lowest BCUT2D eigenvalue weighted by Crippen LogP contribution is -2.30. The summed E-state index contributed by atoms with van der Waals surface area (Å²) in [7, 11) is 0. The summed E-state index contributed by atoms with van der Waals surface area (Å²) in [5.74, 6) is -3.37. The summed E-state index contributed by atoms with van der Waals surface area (Å²) in [6.07, 6.45) is -5.16. The van der Waals surface area contributed by atoms with Crippen LogP contribution in [0.25, 0.3) is 22.1 Å². The standard InChI is InChI=1S/C17H9F4NO3/c18-12-6-5-9(8-13(12)22-16(24)17(19,20)21)11-7-10-3-1-2-4-14(10)25-15(11)23/h1-8H,(H,22,24). The molecule has 25 heavy (non-hydrogen) atoms. The lowest BCUT2D eigenvalue weighted by molar-refractivity contribution is -0.167. The Kier molecular flexibility index (Phi) is 4.03. The van der Waals surface area contributed by atoms with Gasteiger partial charge in [0.2, 0.25) is 0 Å². The van der Waals surface area contributed by atoms with Gasteiger partial charge in [-0.25, -0.2) is 9.18 Å². The van der Waals surface area contributed by atoms with Crippen molar-refractivity contribution >= 4 is 22.6 Å². The molecule has 0 unspecified atom stereocenters. The fourth-order valence-corrected chi connectivity index (χ4v) is 2.24. The molecule has 1 heterocycles. The first-order chi connectivity index (χ1) is 11.8. The van der Waals surface area contributed by atoms with Gasteiger partial charge in [-0.15, -0.1) is 0 Å². The van der Waals surface area contributed by atoms with Crippen LogP contribution in [-0.2, 0) is 4.79 Å². The molecule has 0 bridgehead atoms. The minimum absolute atomic E-state index is 0.0289. The van der Waals surface area contributed by atoms with Crippen molar-refractivity contribution in [2.24, 2.45) is 0 Å². The van der Waals surface area contributed by atoms with Crippen LogP contribution in [0, 0.1) is 5.82 Å². The van der Waals surface area contributed by atoms with Crippen LogP contribution in [0.15, 0.2) is 57.7 Å². The number of anilines is 1. The van der Waals surface area contributed by atoms with Crippen molar-refractivity contribution in [3.8, 4) is 11.1 Å². The molecule has 1 aromatic heterocycles. The Morgan fingerprint density at radius 1 is 1.04 bits per heavy atom. The minimum atomic E-state index is -5.16. The number of nitrogens with one attached hydrogen (secondary N) is 1. The Balaban J connectivity index is 2.07. The van der Waals surface area contributed by atoms with Gasteiger partial charge in [0.1, 0.15) is 11.4 Å². The number of rotatable bonds is 2. The van der Waals surface area contributed by atoms with Gasteiger partial charge in [-0.1, -0.05) is 24.3 Å². The number of para-hydroxylation sites is 1. The average Bonchev–Trinajstić information content (AvgIpc) is 2.55. The molecule has 0 saturated carbocycles. The summed E-state index contributed by atoms with van der Waals surface area (Å²) >= 11 is 0. The zero-order valence-electron chi connectivity index (χ0n) is 12.4. The second-order valence-electron chi connectivity index (χ2n) is 5.13. The summed E-state index contributed by atoms with van der Waals surface area (Å²) in [5, 5.41) is 2.03. The Bertz CT molecular complexity index is 1020. The molecule has 0 fully saturated rings. The summed E-state index contributed by atoms with van der Waals surface area (Å²) in [5.41, 5.74) is -0.950. The normalized spacial score (nSPS) is 11.5. The smallest absolute Gasteiger partial charge is 0.422 e. The number of amides is 1. The molecule has 4 nitrogen and oxygen atoms in total. The summed E-state index contributed by atoms with van der Waals surface area (Å²) in [6.45, 7) is 0. The monoisotopic (exact) mass is 351 g/mol. The molecule has 0 aliphatic carbocycles. The average molecular weight is 351 g/mol. The predicted octanol–water partition coefficient (Wildman–Crippen LogP) is 4.10. The second-order valence-corrected chi connectivity index (χ2v) is 5.13. The van der Waals surface area contributed by atoms with Gasteiger partial charge in [-0.3, -0.25) is 4.79 Å². The van der Waals surface area contributed by atoms with Crippen LogP contribution in [0.4, 0.5) is 23.2 Å². The number of fused-ring (bicyclic) bond motifs is 1. The molecule has 0 atom stereocenters. The number of hydrogen-bond donors (Lipinski definition) is 1. The van der Waals surface area contributed by atoms with E-state index in [-0.39, 0.29) is 11.1 Å². The SMILES string of the molecule is O=C(Nc1cc(-c2cc3ccccc3oc2=O)ccc1F)C(F)(F)F. The first-order valence-electron chi connectivity index (χ1n) is 6.97. The summed E-state index contributed by atoms with van der Waals surface area (Å²) < 4.78 is 55.8. The van der Waals surface area contributed by atoms with Gasteiger partial charge >= 0.3 is 17.7 Å². The Morgan fingerprint density at radius 3 is 2.48 bits per heavy atom. The third-order valence-electron chi connectivity index (χ3n) is 3.42. The molecule has 0 aliphatic rings. The van der Waals surface area contributed by atoms with Crippen LogP contribution in [0.5, 0.6) is 0 Å². The van der Waals surface area contributed by atoms with Crippen molar-refractivity contribution in [1.82, 2.24) is 0 Å². The highest BCUT2D eigenvalue weighted by molar-refractivity contribution is 5.95. The Labute approximate surface area is 137 Å². The quantitative estimate of drug-likeness (QED) is 0.559. The molecule has 128 valence electrons. The molecular weight excluding hydrogens is 342 g/mol. The second kappa shape index (κ2) is 6.04. The molecule has 0 aliphatic heterocycles. The molecule has 1 amide bonds. The van der Waals surface area contributed by atoms with E-state index in [1.165, 1.54) is 17.4 Å². The Hall–Kier alpha value is -3.16. The number of hydrogen-bond acceptors (Lipinski definition) is 3. The fraction of sp³-hybridized carbons (Fsp3) is 0.0588. The molecule has 0 saturated heterocycles. The van der Waals surface area contributed by atoms with Crippen LogP contribution in [0.3, 0.4) is 0 Å². The van der Waals surface area contributed by atoms with Gasteiger partial charge in [-0.05, 0) is 29.8 Å². The molecular formula is C17H9F4NO3. The van der Waals surface area contributed by atoms with E-state index in [9.17, 15) is 27.2 Å². The van der Waals surface area contributed by atoms with Crippen LogP contribution < -0.4 is 10.9 Å². The van der Waals surface area contributed by atoms with Crippen molar-refractivity contribution in [2.45, 2.75) is 6.18 Å². The summed E-state index contributed by atoms with van der Waals surface area (Å²) in [4.78, 5) is 23.1. The molecule has 3 rings (SSSR count). The van der Waals surface area contributed by atoms with E-state index in [4.69, 9.17) is 4.42 Å². The van der Waals surface area contributed by atoms with Crippen molar-refractivity contribution < 1.29 is 26.8 Å². The first-order valence-corrected chi connectivity index (χ1v) is 6.97. The van der Waals surface area contributed by atoms with E-state index < -0.39 is 29.2 Å². The highest BCUT2D eigenvalue weighted by atomic mass is 19.4. The fourth-order valence-electron chi connectivity index (χ4n) is 2.24. The number of carbonyl (C=O) groups is 1. The van der Waals surface area contributed by atoms with E-state index in [2.05, 4.69) is 0 Å². The highest BCUT2D eigenvalue weighted by Crippen LogP contribution is 2.27. The van der Waals surface area contributed by atoms with Crippen LogP contribution in [0.2, 0.25) is 0 Å². The van der Waals surface area contributed by atoms with E-state index >= 15 is 0 Å². The molecule has 2 aromatic carbocycles. The molecule has 1 N–H and O–H groups in total. The molecule has 8 heteroatoms. The predicted molar refractivity (Wildman–Crippen MR) is 82.6 cm³/mol. The van der Waals surface area contributed by atoms with Gasteiger partial charge in [0, 0.05) is 5.39 Å². The molecule has 0 spiro atoms.